The maximum Gasteiger partial charge on any atom is 0.272 e. The van der Waals surface area contributed by atoms with Gasteiger partial charge in [-0.05, 0) is 12.1 Å². The fourth-order valence-corrected chi connectivity index (χ4v) is 1.83. The SMILES string of the molecule is N/C(=N/O)c1ccc(C(=O)N2CC(O)C(O)C2)nc1. The van der Waals surface area contributed by atoms with E-state index in [1.54, 1.807) is 0 Å². The summed E-state index contributed by atoms with van der Waals surface area (Å²) in [5.74, 6) is -0.486. The van der Waals surface area contributed by atoms with Crippen molar-refractivity contribution in [3.05, 3.63) is 29.6 Å². The third-order valence-corrected chi connectivity index (χ3v) is 2.93. The van der Waals surface area contributed by atoms with Gasteiger partial charge in [0, 0.05) is 24.8 Å². The number of nitrogens with two attached hydrogens (primary N) is 1. The van der Waals surface area contributed by atoms with Crippen molar-refractivity contribution >= 4 is 11.7 Å². The smallest absolute Gasteiger partial charge is 0.272 e. The third-order valence-electron chi connectivity index (χ3n) is 2.93. The predicted molar refractivity (Wildman–Crippen MR) is 64.7 cm³/mol. The molecule has 102 valence electrons. The van der Waals surface area contributed by atoms with Crippen molar-refractivity contribution in [3.8, 4) is 0 Å². The average molecular weight is 266 g/mol. The van der Waals surface area contributed by atoms with Crippen molar-refractivity contribution in [2.24, 2.45) is 10.9 Å². The van der Waals surface area contributed by atoms with Crippen molar-refractivity contribution in [3.63, 3.8) is 0 Å². The first-order valence-electron chi connectivity index (χ1n) is 5.62. The van der Waals surface area contributed by atoms with Gasteiger partial charge in [-0.3, -0.25) is 9.78 Å². The van der Waals surface area contributed by atoms with E-state index in [-0.39, 0.29) is 30.5 Å². The second kappa shape index (κ2) is 5.21. The zero-order chi connectivity index (χ0) is 14.0. The van der Waals surface area contributed by atoms with Gasteiger partial charge in [0.1, 0.15) is 5.69 Å². The van der Waals surface area contributed by atoms with Crippen LogP contribution in [0.2, 0.25) is 0 Å². The number of hydrogen-bond donors (Lipinski definition) is 4. The summed E-state index contributed by atoms with van der Waals surface area (Å²) in [6, 6.07) is 2.94. The molecule has 0 saturated carbocycles. The molecule has 2 heterocycles. The molecule has 2 unspecified atom stereocenters. The van der Waals surface area contributed by atoms with Gasteiger partial charge >= 0.3 is 0 Å². The Morgan fingerprint density at radius 1 is 1.37 bits per heavy atom. The molecule has 5 N–H and O–H groups in total. The summed E-state index contributed by atoms with van der Waals surface area (Å²) in [6.07, 6.45) is -0.550. The topological polar surface area (TPSA) is 132 Å². The van der Waals surface area contributed by atoms with E-state index in [2.05, 4.69) is 10.1 Å². The summed E-state index contributed by atoms with van der Waals surface area (Å²) in [7, 11) is 0. The van der Waals surface area contributed by atoms with E-state index in [9.17, 15) is 15.0 Å². The number of hydrogen-bond acceptors (Lipinski definition) is 6. The first-order chi connectivity index (χ1) is 9.02. The van der Waals surface area contributed by atoms with Crippen LogP contribution in [0.3, 0.4) is 0 Å². The fraction of sp³-hybridized carbons (Fsp3) is 0.364. The lowest BCUT2D eigenvalue weighted by atomic mass is 10.2. The Bertz CT molecular complexity index is 492. The normalized spacial score (nSPS) is 23.7. The van der Waals surface area contributed by atoms with Crippen molar-refractivity contribution < 1.29 is 20.2 Å². The minimum absolute atomic E-state index is 0.0731. The second-order valence-electron chi connectivity index (χ2n) is 4.26. The number of rotatable bonds is 2. The predicted octanol–water partition coefficient (Wildman–Crippen LogP) is -1.65. The Morgan fingerprint density at radius 3 is 2.47 bits per heavy atom. The largest absolute Gasteiger partial charge is 0.409 e. The van der Waals surface area contributed by atoms with Gasteiger partial charge in [0.05, 0.1) is 12.2 Å². The number of pyridine rings is 1. The van der Waals surface area contributed by atoms with Crippen LogP contribution in [0.1, 0.15) is 16.1 Å². The van der Waals surface area contributed by atoms with Gasteiger partial charge in [-0.15, -0.1) is 0 Å². The molecule has 0 spiro atoms. The van der Waals surface area contributed by atoms with Gasteiger partial charge in [0.25, 0.3) is 5.91 Å². The molecule has 1 saturated heterocycles. The summed E-state index contributed by atoms with van der Waals surface area (Å²) < 4.78 is 0. The lowest BCUT2D eigenvalue weighted by Crippen LogP contribution is -2.30. The van der Waals surface area contributed by atoms with Crippen LogP contribution in [0, 0.1) is 0 Å². The second-order valence-corrected chi connectivity index (χ2v) is 4.26. The Kier molecular flexibility index (Phi) is 3.63. The monoisotopic (exact) mass is 266 g/mol. The van der Waals surface area contributed by atoms with Crippen LogP contribution in [0.25, 0.3) is 0 Å². The molecule has 1 aromatic rings. The van der Waals surface area contributed by atoms with Gasteiger partial charge in [-0.2, -0.15) is 0 Å². The van der Waals surface area contributed by atoms with Gasteiger partial charge in [-0.25, -0.2) is 0 Å². The van der Waals surface area contributed by atoms with E-state index >= 15 is 0 Å². The summed E-state index contributed by atoms with van der Waals surface area (Å²) in [4.78, 5) is 17.3. The molecular weight excluding hydrogens is 252 g/mol. The lowest BCUT2D eigenvalue weighted by molar-refractivity contribution is 0.0572. The van der Waals surface area contributed by atoms with Crippen LogP contribution in [-0.2, 0) is 0 Å². The summed E-state index contributed by atoms with van der Waals surface area (Å²) >= 11 is 0. The molecular formula is C11H14N4O4. The van der Waals surface area contributed by atoms with Crippen molar-refractivity contribution in [2.45, 2.75) is 12.2 Å². The third kappa shape index (κ3) is 2.64. The highest BCUT2D eigenvalue weighted by atomic mass is 16.4. The van der Waals surface area contributed by atoms with Crippen LogP contribution < -0.4 is 5.73 Å². The van der Waals surface area contributed by atoms with E-state index in [0.717, 1.165) is 0 Å². The highest BCUT2D eigenvalue weighted by molar-refractivity contribution is 5.98. The number of carbonyl (C=O) groups excluding carboxylic acids is 1. The number of amides is 1. The molecule has 8 nitrogen and oxygen atoms in total. The minimum Gasteiger partial charge on any atom is -0.409 e. The minimum atomic E-state index is -0.930. The van der Waals surface area contributed by atoms with Crippen LogP contribution in [0.15, 0.2) is 23.5 Å². The van der Waals surface area contributed by atoms with E-state index < -0.39 is 12.2 Å². The maximum absolute atomic E-state index is 12.0. The average Bonchev–Trinajstić information content (AvgIpc) is 2.77. The Morgan fingerprint density at radius 2 is 2.00 bits per heavy atom. The molecule has 1 aliphatic rings. The fourth-order valence-electron chi connectivity index (χ4n) is 1.83. The van der Waals surface area contributed by atoms with Gasteiger partial charge in [-0.1, -0.05) is 5.16 Å². The maximum atomic E-state index is 12.0. The summed E-state index contributed by atoms with van der Waals surface area (Å²) in [5, 5.41) is 30.1. The van der Waals surface area contributed by atoms with Gasteiger partial charge in [0.2, 0.25) is 0 Å². The molecule has 0 aromatic carbocycles. The number of aliphatic hydroxyl groups excluding tert-OH is 2. The van der Waals surface area contributed by atoms with E-state index in [4.69, 9.17) is 10.9 Å². The van der Waals surface area contributed by atoms with Gasteiger partial charge < -0.3 is 26.1 Å². The number of oxime groups is 1. The quantitative estimate of drug-likeness (QED) is 0.219. The number of β-amino-alcohol motifs (C(OH)–C–C–N with tert-alkyl or cyclic N) is 2. The first-order valence-corrected chi connectivity index (χ1v) is 5.62. The molecule has 1 fully saturated rings. The molecule has 0 aliphatic carbocycles. The summed E-state index contributed by atoms with van der Waals surface area (Å²) in [5.41, 5.74) is 5.93. The number of amidine groups is 1. The molecule has 2 rings (SSSR count). The number of nitrogens with zero attached hydrogens (tertiary/aromatic N) is 3. The standard InChI is InChI=1S/C11H14N4O4/c12-10(14-19)6-1-2-7(13-3-6)11(18)15-4-8(16)9(17)5-15/h1-3,8-9,16-17,19H,4-5H2,(H2,12,14). The Hall–Kier alpha value is -2.19. The van der Waals surface area contributed by atoms with Crippen LogP contribution in [-0.4, -0.2) is 62.3 Å². The Labute approximate surface area is 108 Å². The number of likely N-dealkylation sites (tertiary alicyclic amines) is 1. The van der Waals surface area contributed by atoms with Crippen LogP contribution >= 0.6 is 0 Å². The van der Waals surface area contributed by atoms with Crippen molar-refractivity contribution in [1.82, 2.24) is 9.88 Å². The molecule has 1 aliphatic heterocycles. The highest BCUT2D eigenvalue weighted by Crippen LogP contribution is 2.13. The molecule has 8 heteroatoms. The molecule has 0 radical (unpaired) electrons. The van der Waals surface area contributed by atoms with Gasteiger partial charge in [0.15, 0.2) is 5.84 Å². The molecule has 2 atom stereocenters. The zero-order valence-corrected chi connectivity index (χ0v) is 9.97. The number of aliphatic hydroxyl groups is 2. The van der Waals surface area contributed by atoms with E-state index in [1.165, 1.54) is 23.2 Å². The zero-order valence-electron chi connectivity index (χ0n) is 9.97. The summed E-state index contributed by atoms with van der Waals surface area (Å²) in [6.45, 7) is 0.146. The van der Waals surface area contributed by atoms with Crippen LogP contribution in [0.4, 0.5) is 0 Å². The van der Waals surface area contributed by atoms with E-state index in [0.29, 0.717) is 5.56 Å². The number of aromatic nitrogens is 1. The molecule has 19 heavy (non-hydrogen) atoms. The van der Waals surface area contributed by atoms with E-state index in [1.807, 2.05) is 0 Å². The van der Waals surface area contributed by atoms with Crippen molar-refractivity contribution in [1.29, 1.82) is 0 Å². The highest BCUT2D eigenvalue weighted by Gasteiger charge is 2.33. The van der Waals surface area contributed by atoms with Crippen LogP contribution in [0.5, 0.6) is 0 Å². The molecule has 0 bridgehead atoms. The first kappa shape index (κ1) is 13.2. The lowest BCUT2D eigenvalue weighted by Gasteiger charge is -2.14. The molecule has 1 amide bonds. The molecule has 1 aromatic heterocycles. The van der Waals surface area contributed by atoms with Crippen molar-refractivity contribution in [2.75, 3.05) is 13.1 Å². The Balaban J connectivity index is 2.12. The number of carbonyl (C=O) groups is 1.